The molecule has 0 saturated heterocycles. The maximum Gasteiger partial charge on any atom is 0.417 e. The Hall–Kier alpha value is -2.87. The quantitative estimate of drug-likeness (QED) is 0.728. The van der Waals surface area contributed by atoms with E-state index in [0.29, 0.717) is 16.5 Å². The number of nitrogens with zero attached hydrogens (tertiary/aromatic N) is 2. The van der Waals surface area contributed by atoms with Crippen LogP contribution in [0.3, 0.4) is 0 Å². The summed E-state index contributed by atoms with van der Waals surface area (Å²) in [6, 6.07) is 9.86. The Labute approximate surface area is 156 Å². The molecule has 0 spiro atoms. The van der Waals surface area contributed by atoms with Crippen molar-refractivity contribution < 1.29 is 18.0 Å². The normalized spacial score (nSPS) is 11.6. The van der Waals surface area contributed by atoms with Gasteiger partial charge in [-0.05, 0) is 31.2 Å². The molecule has 1 aromatic heterocycles. The molecule has 3 aromatic rings. The third-order valence-corrected chi connectivity index (χ3v) is 4.23. The minimum absolute atomic E-state index is 0.0812. The molecule has 0 bridgehead atoms. The summed E-state index contributed by atoms with van der Waals surface area (Å²) in [5, 5.41) is 7.03. The van der Waals surface area contributed by atoms with Gasteiger partial charge in [0, 0.05) is 11.1 Å². The van der Waals surface area contributed by atoms with E-state index in [0.717, 1.165) is 16.8 Å². The maximum absolute atomic E-state index is 12.9. The molecule has 27 heavy (non-hydrogen) atoms. The van der Waals surface area contributed by atoms with Crippen molar-refractivity contribution in [1.29, 1.82) is 0 Å². The topological polar surface area (TPSA) is 64.0 Å². The lowest BCUT2D eigenvalue weighted by atomic mass is 10.1. The summed E-state index contributed by atoms with van der Waals surface area (Å²) in [7, 11) is 0. The number of aromatic nitrogens is 2. The van der Waals surface area contributed by atoms with Gasteiger partial charge >= 0.3 is 6.18 Å². The average Bonchev–Trinajstić information content (AvgIpc) is 2.60. The van der Waals surface area contributed by atoms with Crippen LogP contribution in [0.25, 0.3) is 10.8 Å². The first kappa shape index (κ1) is 18.9. The van der Waals surface area contributed by atoms with Crippen molar-refractivity contribution >= 4 is 34.0 Å². The van der Waals surface area contributed by atoms with E-state index in [1.165, 1.54) is 6.07 Å². The van der Waals surface area contributed by atoms with E-state index in [9.17, 15) is 22.8 Å². The molecule has 3 rings (SSSR count). The molecule has 0 atom stereocenters. The predicted molar refractivity (Wildman–Crippen MR) is 95.8 cm³/mol. The van der Waals surface area contributed by atoms with Gasteiger partial charge < -0.3 is 5.32 Å². The average molecular weight is 396 g/mol. The van der Waals surface area contributed by atoms with Crippen LogP contribution in [-0.4, -0.2) is 15.7 Å². The molecular formula is C18H13ClF3N3O2. The number of aryl methyl sites for hydroxylation is 1. The van der Waals surface area contributed by atoms with Crippen molar-refractivity contribution in [3.05, 3.63) is 69.1 Å². The Bertz CT molecular complexity index is 1090. The lowest BCUT2D eigenvalue weighted by molar-refractivity contribution is -0.137. The highest BCUT2D eigenvalue weighted by Gasteiger charge is 2.33. The van der Waals surface area contributed by atoms with Gasteiger partial charge in [-0.15, -0.1) is 0 Å². The molecule has 140 valence electrons. The standard InChI is InChI=1S/C18H13ClF3N3O2/c1-10-12-4-2-3-5-13(12)17(27)25(24-10)9-16(26)23-11-6-7-15(19)14(8-11)18(20,21)22/h2-8H,9H2,1H3,(H,23,26). The summed E-state index contributed by atoms with van der Waals surface area (Å²) in [4.78, 5) is 24.7. The van der Waals surface area contributed by atoms with Gasteiger partial charge in [-0.2, -0.15) is 18.3 Å². The number of carbonyl (C=O) groups is 1. The van der Waals surface area contributed by atoms with Gasteiger partial charge in [0.25, 0.3) is 5.56 Å². The van der Waals surface area contributed by atoms with Crippen molar-refractivity contribution in [1.82, 2.24) is 9.78 Å². The fraction of sp³-hybridized carbons (Fsp3) is 0.167. The molecule has 0 aliphatic heterocycles. The Morgan fingerprint density at radius 3 is 2.52 bits per heavy atom. The summed E-state index contributed by atoms with van der Waals surface area (Å²) in [5.74, 6) is -0.685. The van der Waals surface area contributed by atoms with Gasteiger partial charge in [0.1, 0.15) is 6.54 Å². The number of anilines is 1. The van der Waals surface area contributed by atoms with Crippen LogP contribution in [0.15, 0.2) is 47.3 Å². The van der Waals surface area contributed by atoms with E-state index in [4.69, 9.17) is 11.6 Å². The Morgan fingerprint density at radius 1 is 1.19 bits per heavy atom. The zero-order chi connectivity index (χ0) is 19.8. The van der Waals surface area contributed by atoms with Crippen LogP contribution in [-0.2, 0) is 17.5 Å². The molecule has 0 aliphatic rings. The van der Waals surface area contributed by atoms with E-state index in [2.05, 4.69) is 10.4 Å². The van der Waals surface area contributed by atoms with E-state index in [1.54, 1.807) is 31.2 Å². The largest absolute Gasteiger partial charge is 0.417 e. The molecule has 5 nitrogen and oxygen atoms in total. The molecule has 1 amide bonds. The third-order valence-electron chi connectivity index (χ3n) is 3.90. The number of carbonyl (C=O) groups excluding carboxylic acids is 1. The summed E-state index contributed by atoms with van der Waals surface area (Å²) >= 11 is 5.55. The fourth-order valence-corrected chi connectivity index (χ4v) is 2.89. The Kier molecular flexibility index (Phi) is 4.93. The summed E-state index contributed by atoms with van der Waals surface area (Å²) < 4.78 is 39.7. The van der Waals surface area contributed by atoms with E-state index >= 15 is 0 Å². The molecule has 2 aromatic carbocycles. The molecule has 0 fully saturated rings. The second-order valence-electron chi connectivity index (χ2n) is 5.83. The fourth-order valence-electron chi connectivity index (χ4n) is 2.67. The highest BCUT2D eigenvalue weighted by atomic mass is 35.5. The van der Waals surface area contributed by atoms with Crippen LogP contribution < -0.4 is 10.9 Å². The van der Waals surface area contributed by atoms with E-state index < -0.39 is 34.8 Å². The summed E-state index contributed by atoms with van der Waals surface area (Å²) in [6.07, 6.45) is -4.65. The smallest absolute Gasteiger partial charge is 0.324 e. The van der Waals surface area contributed by atoms with Gasteiger partial charge in [0.2, 0.25) is 5.91 Å². The SMILES string of the molecule is Cc1nn(CC(=O)Nc2ccc(Cl)c(C(F)(F)F)c2)c(=O)c2ccccc12. The number of halogens is 4. The van der Waals surface area contributed by atoms with Crippen molar-refractivity contribution in [3.8, 4) is 0 Å². The molecule has 1 heterocycles. The number of rotatable bonds is 3. The summed E-state index contributed by atoms with van der Waals surface area (Å²) in [5.41, 5.74) is -1.04. The van der Waals surface area contributed by atoms with Crippen molar-refractivity contribution in [3.63, 3.8) is 0 Å². The van der Waals surface area contributed by atoms with Crippen LogP contribution in [0.4, 0.5) is 18.9 Å². The minimum Gasteiger partial charge on any atom is -0.324 e. The summed E-state index contributed by atoms with van der Waals surface area (Å²) in [6.45, 7) is 1.26. The zero-order valence-electron chi connectivity index (χ0n) is 14.0. The highest BCUT2D eigenvalue weighted by molar-refractivity contribution is 6.31. The molecule has 0 radical (unpaired) electrons. The van der Waals surface area contributed by atoms with Crippen LogP contribution in [0, 0.1) is 6.92 Å². The van der Waals surface area contributed by atoms with Crippen LogP contribution in [0.1, 0.15) is 11.3 Å². The molecule has 1 N–H and O–H groups in total. The van der Waals surface area contributed by atoms with E-state index in [-0.39, 0.29) is 5.69 Å². The maximum atomic E-state index is 12.9. The number of alkyl halides is 3. The number of amides is 1. The minimum atomic E-state index is -4.65. The molecular weight excluding hydrogens is 383 g/mol. The van der Waals surface area contributed by atoms with Gasteiger partial charge in [-0.3, -0.25) is 9.59 Å². The van der Waals surface area contributed by atoms with Gasteiger partial charge in [0.05, 0.1) is 21.7 Å². The van der Waals surface area contributed by atoms with Gasteiger partial charge in [0.15, 0.2) is 0 Å². The number of fused-ring (bicyclic) bond motifs is 1. The number of hydrogen-bond donors (Lipinski definition) is 1. The lowest BCUT2D eigenvalue weighted by Crippen LogP contribution is -2.30. The van der Waals surface area contributed by atoms with Crippen LogP contribution in [0.2, 0.25) is 5.02 Å². The molecule has 0 unspecified atom stereocenters. The Balaban J connectivity index is 1.86. The highest BCUT2D eigenvalue weighted by Crippen LogP contribution is 2.36. The van der Waals surface area contributed by atoms with Crippen LogP contribution >= 0.6 is 11.6 Å². The van der Waals surface area contributed by atoms with Gasteiger partial charge in [-0.25, -0.2) is 4.68 Å². The second kappa shape index (κ2) is 7.03. The Morgan fingerprint density at radius 2 is 1.85 bits per heavy atom. The van der Waals surface area contributed by atoms with Crippen molar-refractivity contribution in [2.75, 3.05) is 5.32 Å². The number of benzene rings is 2. The van der Waals surface area contributed by atoms with Crippen molar-refractivity contribution in [2.45, 2.75) is 19.6 Å². The third kappa shape index (κ3) is 3.95. The van der Waals surface area contributed by atoms with E-state index in [1.807, 2.05) is 0 Å². The number of nitrogens with one attached hydrogen (secondary N) is 1. The first-order valence-corrected chi connectivity index (χ1v) is 8.17. The number of hydrogen-bond acceptors (Lipinski definition) is 3. The van der Waals surface area contributed by atoms with Gasteiger partial charge in [-0.1, -0.05) is 29.8 Å². The lowest BCUT2D eigenvalue weighted by Gasteiger charge is -2.12. The first-order valence-electron chi connectivity index (χ1n) is 7.80. The monoisotopic (exact) mass is 395 g/mol. The molecule has 0 aliphatic carbocycles. The molecule has 0 saturated carbocycles. The first-order chi connectivity index (χ1) is 12.7. The molecule has 9 heteroatoms. The zero-order valence-corrected chi connectivity index (χ0v) is 14.7. The van der Waals surface area contributed by atoms with Crippen LogP contribution in [0.5, 0.6) is 0 Å². The predicted octanol–water partition coefficient (Wildman–Crippen LogP) is 4.02. The van der Waals surface area contributed by atoms with Crippen molar-refractivity contribution in [2.24, 2.45) is 0 Å². The second-order valence-corrected chi connectivity index (χ2v) is 6.24.